The molecule has 0 bridgehead atoms. The van der Waals surface area contributed by atoms with Crippen molar-refractivity contribution < 1.29 is 0 Å². The molecule has 0 radical (unpaired) electrons. The van der Waals surface area contributed by atoms with Crippen molar-refractivity contribution in [2.75, 3.05) is 0 Å². The van der Waals surface area contributed by atoms with E-state index in [0.29, 0.717) is 0 Å². The second-order valence-corrected chi connectivity index (χ2v) is 14.5. The lowest BCUT2D eigenvalue weighted by molar-refractivity contribution is 1.61. The van der Waals surface area contributed by atoms with E-state index in [9.17, 15) is 0 Å². The molecule has 0 aromatic heterocycles. The molecule has 0 spiro atoms. The zero-order valence-electron chi connectivity index (χ0n) is 26.0. The lowest BCUT2D eigenvalue weighted by atomic mass is 9.83. The molecule has 1 heteroatoms. The zero-order chi connectivity index (χ0) is 31.2. The van der Waals surface area contributed by atoms with E-state index in [2.05, 4.69) is 182 Å². The molecule has 0 saturated heterocycles. The smallest absolute Gasteiger partial charge is 0.0633 e. The molecule has 9 aromatic carbocycles. The Morgan fingerprint density at radius 1 is 0.277 bits per heavy atom. The zero-order valence-corrected chi connectivity index (χ0v) is 27.4. The summed E-state index contributed by atoms with van der Waals surface area (Å²) in [5.74, 6) is 0. The molecule has 220 valence electrons. The maximum absolute atomic E-state index is 2.51. The quantitative estimate of drug-likeness (QED) is 0.103. The van der Waals surface area contributed by atoms with Gasteiger partial charge in [0.05, 0.1) is 9.52 Å². The molecule has 47 heavy (non-hydrogen) atoms. The molecule has 0 aliphatic heterocycles. The van der Waals surface area contributed by atoms with Gasteiger partial charge >= 0.3 is 0 Å². The largest absolute Gasteiger partial charge is 0.0875 e. The second-order valence-electron chi connectivity index (χ2n) is 12.5. The van der Waals surface area contributed by atoms with Crippen molar-refractivity contribution in [3.63, 3.8) is 0 Å². The lowest BCUT2D eigenvalue weighted by Gasteiger charge is -2.20. The molecule has 9 aromatic rings. The normalized spacial score (nSPS) is 11.7. The van der Waals surface area contributed by atoms with E-state index in [-0.39, 0.29) is 0 Å². The van der Waals surface area contributed by atoms with Crippen LogP contribution in [-0.2, 0) is 0 Å². The van der Waals surface area contributed by atoms with E-state index in [1.54, 1.807) is 0 Å². The Kier molecular flexibility index (Phi) is 6.77. The second kappa shape index (κ2) is 11.5. The summed E-state index contributed by atoms with van der Waals surface area (Å²) in [5, 5.41) is 13.3. The van der Waals surface area contributed by atoms with E-state index >= 15 is 0 Å². The topological polar surface area (TPSA) is 0 Å². The molecule has 0 N–H and O–H groups in total. The minimum atomic E-state index is -0.648. The monoisotopic (exact) mass is 612 g/mol. The molecule has 0 fully saturated rings. The van der Waals surface area contributed by atoms with Crippen LogP contribution in [0.1, 0.15) is 0 Å². The van der Waals surface area contributed by atoms with Gasteiger partial charge in [-0.3, -0.25) is 0 Å². The third kappa shape index (κ3) is 4.84. The molecular weight excluding hydrogens is 581 g/mol. The first-order valence-electron chi connectivity index (χ1n) is 16.4. The van der Waals surface area contributed by atoms with Crippen molar-refractivity contribution in [2.45, 2.75) is 0 Å². The Morgan fingerprint density at radius 3 is 1.55 bits per heavy atom. The van der Waals surface area contributed by atoms with Crippen molar-refractivity contribution in [1.29, 1.82) is 0 Å². The van der Waals surface area contributed by atoms with Gasteiger partial charge in [-0.2, -0.15) is 0 Å². The third-order valence-electron chi connectivity index (χ3n) is 9.66. The molecule has 9 rings (SSSR count). The maximum atomic E-state index is 2.51. The predicted octanol–water partition coefficient (Wildman–Crippen LogP) is 10.4. The highest BCUT2D eigenvalue weighted by Gasteiger charge is 2.19. The van der Waals surface area contributed by atoms with Gasteiger partial charge in [0, 0.05) is 0 Å². The summed E-state index contributed by atoms with van der Waals surface area (Å²) in [5.41, 5.74) is 7.64. The van der Waals surface area contributed by atoms with Crippen LogP contribution >= 0.6 is 0 Å². The van der Waals surface area contributed by atoms with Crippen molar-refractivity contribution in [3.05, 3.63) is 182 Å². The van der Waals surface area contributed by atoms with E-state index in [4.69, 9.17) is 0 Å². The van der Waals surface area contributed by atoms with Crippen LogP contribution in [0.25, 0.3) is 76.5 Å². The summed E-state index contributed by atoms with van der Waals surface area (Å²) in [7, 11) is -0.648. The molecule has 0 aliphatic rings. The standard InChI is InChI=1S/C46H32Si/c1-3-13-31(14-4-1)32-23-25-33(26-24-32)45-40-21-11-12-22-41(40)46(42-28-27-36(30-44(42)45)47-35-16-5-2-6-17-35)43-29-34-15-7-8-18-37(34)38-19-9-10-20-39(38)43/h1-30H,47H2. The van der Waals surface area contributed by atoms with Gasteiger partial charge in [-0.05, 0) is 82.5 Å². The number of hydrogen-bond acceptors (Lipinski definition) is 0. The minimum Gasteiger partial charge on any atom is -0.0633 e. The van der Waals surface area contributed by atoms with Crippen molar-refractivity contribution in [1.82, 2.24) is 0 Å². The van der Waals surface area contributed by atoms with E-state index < -0.39 is 9.52 Å². The summed E-state index contributed by atoms with van der Waals surface area (Å²) in [6, 6.07) is 67.3. The first kappa shape index (κ1) is 27.5. The van der Waals surface area contributed by atoms with Gasteiger partial charge in [0.1, 0.15) is 0 Å². The minimum absolute atomic E-state index is 0.648. The Bertz CT molecular complexity index is 2570. The fraction of sp³-hybridized carbons (Fsp3) is 0. The van der Waals surface area contributed by atoms with Gasteiger partial charge in [-0.15, -0.1) is 0 Å². The van der Waals surface area contributed by atoms with Gasteiger partial charge < -0.3 is 0 Å². The molecular formula is C46H32Si. The maximum Gasteiger partial charge on any atom is 0.0875 e. The summed E-state index contributed by atoms with van der Waals surface area (Å²) in [6.45, 7) is 0. The summed E-state index contributed by atoms with van der Waals surface area (Å²) < 4.78 is 0. The molecule has 0 aliphatic carbocycles. The van der Waals surface area contributed by atoms with Crippen molar-refractivity contribution in [2.24, 2.45) is 0 Å². The van der Waals surface area contributed by atoms with Crippen LogP contribution in [-0.4, -0.2) is 9.52 Å². The van der Waals surface area contributed by atoms with E-state index in [1.165, 1.54) is 86.8 Å². The SMILES string of the molecule is c1ccc([SiH2]c2ccc3c(-c4cc5ccccc5c5ccccc45)c4ccccc4c(-c4ccc(-c5ccccc5)cc4)c3c2)cc1. The van der Waals surface area contributed by atoms with Crippen molar-refractivity contribution in [3.8, 4) is 33.4 Å². The van der Waals surface area contributed by atoms with Gasteiger partial charge in [0.2, 0.25) is 0 Å². The average molecular weight is 613 g/mol. The molecule has 0 heterocycles. The highest BCUT2D eigenvalue weighted by molar-refractivity contribution is 6.67. The summed E-state index contributed by atoms with van der Waals surface area (Å²) in [6.07, 6.45) is 0. The molecule has 0 saturated carbocycles. The number of benzene rings is 9. The van der Waals surface area contributed by atoms with Crippen LogP contribution in [0.4, 0.5) is 0 Å². The first-order valence-corrected chi connectivity index (χ1v) is 17.8. The Labute approximate surface area is 277 Å². The molecule has 0 nitrogen and oxygen atoms in total. The van der Waals surface area contributed by atoms with Crippen LogP contribution in [0.3, 0.4) is 0 Å². The fourth-order valence-electron chi connectivity index (χ4n) is 7.49. The van der Waals surface area contributed by atoms with Crippen LogP contribution < -0.4 is 10.4 Å². The Hall–Kier alpha value is -5.76. The van der Waals surface area contributed by atoms with E-state index in [0.717, 1.165) is 0 Å². The fourth-order valence-corrected chi connectivity index (χ4v) is 9.01. The highest BCUT2D eigenvalue weighted by Crippen LogP contribution is 2.46. The van der Waals surface area contributed by atoms with Gasteiger partial charge in [0.15, 0.2) is 0 Å². The highest BCUT2D eigenvalue weighted by atomic mass is 28.2. The number of hydrogen-bond donors (Lipinski definition) is 0. The summed E-state index contributed by atoms with van der Waals surface area (Å²) in [4.78, 5) is 0. The van der Waals surface area contributed by atoms with Crippen LogP contribution in [0.15, 0.2) is 182 Å². The van der Waals surface area contributed by atoms with Crippen LogP contribution in [0, 0.1) is 0 Å². The van der Waals surface area contributed by atoms with Crippen molar-refractivity contribution >= 4 is 63.0 Å². The number of rotatable bonds is 5. The first-order chi connectivity index (χ1) is 23.3. The van der Waals surface area contributed by atoms with Crippen LogP contribution in [0.2, 0.25) is 0 Å². The lowest BCUT2D eigenvalue weighted by Crippen LogP contribution is -2.26. The Balaban J connectivity index is 1.36. The average Bonchev–Trinajstić information content (AvgIpc) is 3.14. The molecule has 0 unspecified atom stereocenters. The summed E-state index contributed by atoms with van der Waals surface area (Å²) >= 11 is 0. The van der Waals surface area contributed by atoms with Gasteiger partial charge in [0.25, 0.3) is 0 Å². The Morgan fingerprint density at radius 2 is 0.809 bits per heavy atom. The molecule has 0 atom stereocenters. The third-order valence-corrected chi connectivity index (χ3v) is 11.4. The predicted molar refractivity (Wildman–Crippen MR) is 207 cm³/mol. The van der Waals surface area contributed by atoms with Gasteiger partial charge in [-0.1, -0.05) is 186 Å². The van der Waals surface area contributed by atoms with Crippen LogP contribution in [0.5, 0.6) is 0 Å². The molecule has 0 amide bonds. The number of fused-ring (bicyclic) bond motifs is 5. The van der Waals surface area contributed by atoms with Gasteiger partial charge in [-0.25, -0.2) is 0 Å². The van der Waals surface area contributed by atoms with E-state index in [1.807, 2.05) is 0 Å².